The van der Waals surface area contributed by atoms with Crippen molar-refractivity contribution in [2.24, 2.45) is 5.92 Å². The molecule has 0 radical (unpaired) electrons. The van der Waals surface area contributed by atoms with Crippen LogP contribution in [0.25, 0.3) is 0 Å². The number of carbonyl (C=O) groups is 2. The third kappa shape index (κ3) is 7.40. The molecule has 1 aliphatic heterocycles. The van der Waals surface area contributed by atoms with Crippen LogP contribution in [-0.4, -0.2) is 43.7 Å². The van der Waals surface area contributed by atoms with Gasteiger partial charge in [-0.15, -0.1) is 0 Å². The predicted octanol–water partition coefficient (Wildman–Crippen LogP) is 3.57. The largest absolute Gasteiger partial charge is 0.354 e. The zero-order valence-corrected chi connectivity index (χ0v) is 20.1. The van der Waals surface area contributed by atoms with Crippen molar-refractivity contribution in [1.82, 2.24) is 9.62 Å². The molecule has 1 heterocycles. The van der Waals surface area contributed by atoms with Gasteiger partial charge in [0.1, 0.15) is 0 Å². The molecule has 8 heteroatoms. The molecular formula is C25H33N3O4S. The Bertz CT molecular complexity index is 1030. The van der Waals surface area contributed by atoms with Crippen molar-refractivity contribution in [3.63, 3.8) is 0 Å². The van der Waals surface area contributed by atoms with Gasteiger partial charge in [0.2, 0.25) is 21.8 Å². The van der Waals surface area contributed by atoms with E-state index in [2.05, 4.69) is 22.8 Å². The first-order valence-corrected chi connectivity index (χ1v) is 12.9. The van der Waals surface area contributed by atoms with Crippen LogP contribution in [0.1, 0.15) is 45.1 Å². The van der Waals surface area contributed by atoms with E-state index in [1.165, 1.54) is 28.9 Å². The number of nitrogens with zero attached hydrogens (tertiary/aromatic N) is 1. The highest BCUT2D eigenvalue weighted by Crippen LogP contribution is 2.26. The van der Waals surface area contributed by atoms with Gasteiger partial charge in [0.05, 0.1) is 4.90 Å². The van der Waals surface area contributed by atoms with Gasteiger partial charge in [-0.25, -0.2) is 8.42 Å². The van der Waals surface area contributed by atoms with E-state index in [-0.39, 0.29) is 28.7 Å². The Morgan fingerprint density at radius 1 is 1.03 bits per heavy atom. The fourth-order valence-electron chi connectivity index (χ4n) is 4.11. The van der Waals surface area contributed by atoms with Crippen molar-refractivity contribution < 1.29 is 18.0 Å². The molecule has 1 saturated heterocycles. The molecule has 3 rings (SSSR count). The molecule has 0 saturated carbocycles. The van der Waals surface area contributed by atoms with Crippen molar-refractivity contribution in [3.8, 4) is 0 Å². The second kappa shape index (κ2) is 11.4. The monoisotopic (exact) mass is 471 g/mol. The van der Waals surface area contributed by atoms with Crippen LogP contribution in [0.2, 0.25) is 0 Å². The first-order chi connectivity index (χ1) is 15.7. The van der Waals surface area contributed by atoms with Crippen LogP contribution >= 0.6 is 0 Å². The van der Waals surface area contributed by atoms with E-state index in [9.17, 15) is 18.0 Å². The molecule has 0 unspecified atom stereocenters. The number of aryl methyl sites for hydroxylation is 1. The Morgan fingerprint density at radius 3 is 2.27 bits per heavy atom. The lowest BCUT2D eigenvalue weighted by atomic mass is 9.94. The number of amides is 2. The minimum atomic E-state index is -3.59. The zero-order chi connectivity index (χ0) is 23.8. The molecule has 0 bridgehead atoms. The smallest absolute Gasteiger partial charge is 0.243 e. The van der Waals surface area contributed by atoms with Gasteiger partial charge in [0.15, 0.2) is 0 Å². The fraction of sp³-hybridized carbons (Fsp3) is 0.440. The van der Waals surface area contributed by atoms with E-state index in [0.717, 1.165) is 12.8 Å². The second-order valence-electron chi connectivity index (χ2n) is 8.75. The first kappa shape index (κ1) is 24.9. The Kier molecular flexibility index (Phi) is 8.63. The summed E-state index contributed by atoms with van der Waals surface area (Å²) in [6.45, 7) is 4.22. The van der Waals surface area contributed by atoms with Crippen LogP contribution in [0.3, 0.4) is 0 Å². The number of piperidine rings is 1. The molecule has 178 valence electrons. The highest BCUT2D eigenvalue weighted by molar-refractivity contribution is 7.89. The molecule has 1 fully saturated rings. The lowest BCUT2D eigenvalue weighted by molar-refractivity contribution is -0.123. The summed E-state index contributed by atoms with van der Waals surface area (Å²) in [6, 6.07) is 16.5. The third-order valence-electron chi connectivity index (χ3n) is 5.98. The average molecular weight is 472 g/mol. The van der Waals surface area contributed by atoms with Crippen molar-refractivity contribution in [2.75, 3.05) is 18.4 Å². The van der Waals surface area contributed by atoms with Crippen LogP contribution in [0.15, 0.2) is 59.5 Å². The minimum Gasteiger partial charge on any atom is -0.354 e. The summed E-state index contributed by atoms with van der Waals surface area (Å²) in [5.74, 6) is 0.00708. The van der Waals surface area contributed by atoms with E-state index < -0.39 is 10.0 Å². The molecule has 7 nitrogen and oxygen atoms in total. The number of hydrogen-bond acceptors (Lipinski definition) is 4. The van der Waals surface area contributed by atoms with Crippen molar-refractivity contribution >= 4 is 27.5 Å². The van der Waals surface area contributed by atoms with Crippen molar-refractivity contribution in [3.05, 3.63) is 60.2 Å². The number of rotatable bonds is 9. The molecule has 2 aromatic rings. The second-order valence-corrected chi connectivity index (χ2v) is 10.7. The molecule has 33 heavy (non-hydrogen) atoms. The maximum absolute atomic E-state index is 12.9. The van der Waals surface area contributed by atoms with Gasteiger partial charge in [0, 0.05) is 38.2 Å². The first-order valence-electron chi connectivity index (χ1n) is 11.4. The molecular weight excluding hydrogens is 438 g/mol. The number of benzene rings is 2. The van der Waals surface area contributed by atoms with E-state index in [4.69, 9.17) is 0 Å². The summed E-state index contributed by atoms with van der Waals surface area (Å²) in [4.78, 5) is 23.8. The SMILES string of the molecule is CC(=O)Nc1ccc(S(=O)(=O)N2CCC(CC(=O)N[C@H](C)CCc3ccccc3)CC2)cc1. The molecule has 1 atom stereocenters. The van der Waals surface area contributed by atoms with E-state index >= 15 is 0 Å². The highest BCUT2D eigenvalue weighted by atomic mass is 32.2. The Hall–Kier alpha value is -2.71. The molecule has 0 aromatic heterocycles. The summed E-state index contributed by atoms with van der Waals surface area (Å²) in [6.07, 6.45) is 3.55. The molecule has 0 spiro atoms. The maximum Gasteiger partial charge on any atom is 0.243 e. The van der Waals surface area contributed by atoms with Crippen LogP contribution in [0.5, 0.6) is 0 Å². The Labute approximate surface area is 196 Å². The van der Waals surface area contributed by atoms with Gasteiger partial charge in [-0.05, 0) is 68.4 Å². The number of nitrogens with one attached hydrogen (secondary N) is 2. The molecule has 2 aromatic carbocycles. The Balaban J connectivity index is 1.44. The highest BCUT2D eigenvalue weighted by Gasteiger charge is 2.30. The summed E-state index contributed by atoms with van der Waals surface area (Å²) < 4.78 is 27.4. The summed E-state index contributed by atoms with van der Waals surface area (Å²) in [5.41, 5.74) is 1.82. The van der Waals surface area contributed by atoms with Crippen LogP contribution in [0.4, 0.5) is 5.69 Å². The average Bonchev–Trinajstić information content (AvgIpc) is 2.78. The number of anilines is 1. The molecule has 0 aliphatic carbocycles. The maximum atomic E-state index is 12.9. The number of sulfonamides is 1. The lowest BCUT2D eigenvalue weighted by Crippen LogP contribution is -2.40. The van der Waals surface area contributed by atoms with Crippen LogP contribution in [0, 0.1) is 5.92 Å². The predicted molar refractivity (Wildman–Crippen MR) is 129 cm³/mol. The topological polar surface area (TPSA) is 95.6 Å². The van der Waals surface area contributed by atoms with E-state index in [1.54, 1.807) is 12.1 Å². The summed E-state index contributed by atoms with van der Waals surface area (Å²) >= 11 is 0. The van der Waals surface area contributed by atoms with Gasteiger partial charge in [-0.3, -0.25) is 9.59 Å². The van der Waals surface area contributed by atoms with Gasteiger partial charge in [-0.1, -0.05) is 30.3 Å². The molecule has 2 amide bonds. The quantitative estimate of drug-likeness (QED) is 0.584. The lowest BCUT2D eigenvalue weighted by Gasteiger charge is -2.31. The third-order valence-corrected chi connectivity index (χ3v) is 7.89. The number of carbonyl (C=O) groups excluding carboxylic acids is 2. The van der Waals surface area contributed by atoms with Gasteiger partial charge < -0.3 is 10.6 Å². The summed E-state index contributed by atoms with van der Waals surface area (Å²) in [7, 11) is -3.59. The Morgan fingerprint density at radius 2 is 1.67 bits per heavy atom. The van der Waals surface area contributed by atoms with Gasteiger partial charge >= 0.3 is 0 Å². The standard InChI is InChI=1S/C25H33N3O4S/c1-19(8-9-21-6-4-3-5-7-21)26-25(30)18-22-14-16-28(17-15-22)33(31,32)24-12-10-23(11-13-24)27-20(2)29/h3-7,10-13,19,22H,8-9,14-18H2,1-2H3,(H,26,30)(H,27,29)/t19-/m1/s1. The van der Waals surface area contributed by atoms with Crippen LogP contribution < -0.4 is 10.6 Å². The van der Waals surface area contributed by atoms with Gasteiger partial charge in [0.25, 0.3) is 0 Å². The molecule has 2 N–H and O–H groups in total. The number of hydrogen-bond donors (Lipinski definition) is 2. The normalized spacial score (nSPS) is 16.2. The van der Waals surface area contributed by atoms with Gasteiger partial charge in [-0.2, -0.15) is 4.31 Å². The minimum absolute atomic E-state index is 0.0328. The van der Waals surface area contributed by atoms with E-state index in [1.807, 2.05) is 25.1 Å². The van der Waals surface area contributed by atoms with Crippen LogP contribution in [-0.2, 0) is 26.0 Å². The molecule has 1 aliphatic rings. The summed E-state index contributed by atoms with van der Waals surface area (Å²) in [5, 5.41) is 5.71. The zero-order valence-electron chi connectivity index (χ0n) is 19.3. The van der Waals surface area contributed by atoms with E-state index in [0.29, 0.717) is 38.0 Å². The fourth-order valence-corrected chi connectivity index (χ4v) is 5.58. The van der Waals surface area contributed by atoms with Crippen molar-refractivity contribution in [1.29, 1.82) is 0 Å². The van der Waals surface area contributed by atoms with Crippen molar-refractivity contribution in [2.45, 2.75) is 56.9 Å².